The van der Waals surface area contributed by atoms with Crippen molar-refractivity contribution in [2.24, 2.45) is 0 Å². The largest absolute Gasteiger partial charge is 0.443 e. The normalized spacial score (nSPS) is 18.1. The molecule has 1 fully saturated rings. The van der Waals surface area contributed by atoms with E-state index in [1.165, 1.54) is 44.2 Å². The summed E-state index contributed by atoms with van der Waals surface area (Å²) in [4.78, 5) is 21.6. The summed E-state index contributed by atoms with van der Waals surface area (Å²) in [6.07, 6.45) is 9.81. The first-order valence-corrected chi connectivity index (χ1v) is 11.1. The molecule has 0 N–H and O–H groups in total. The third-order valence-electron chi connectivity index (χ3n) is 5.19. The number of hydrogen-bond donors (Lipinski definition) is 0. The fourth-order valence-electron chi connectivity index (χ4n) is 3.68. The molecule has 1 saturated heterocycles. The summed E-state index contributed by atoms with van der Waals surface area (Å²) in [6, 6.07) is 4.59. The second-order valence-corrected chi connectivity index (χ2v) is 8.84. The van der Waals surface area contributed by atoms with Crippen LogP contribution in [-0.2, 0) is 4.74 Å². The Morgan fingerprint density at radius 1 is 1.21 bits per heavy atom. The molecule has 5 heteroatoms. The van der Waals surface area contributed by atoms with Crippen molar-refractivity contribution in [1.82, 2.24) is 9.88 Å². The molecule has 158 valence electrons. The van der Waals surface area contributed by atoms with Gasteiger partial charge in [0.2, 0.25) is 0 Å². The number of piperidine rings is 1. The lowest BCUT2D eigenvalue weighted by Gasteiger charge is -2.36. The van der Waals surface area contributed by atoms with E-state index < -0.39 is 5.60 Å². The zero-order chi connectivity index (χ0) is 20.6. The molecule has 1 unspecified atom stereocenters. The van der Waals surface area contributed by atoms with E-state index >= 15 is 0 Å². The Balaban J connectivity index is 2.15. The predicted octanol–water partition coefficient (Wildman–Crippen LogP) is 5.95. The van der Waals surface area contributed by atoms with Gasteiger partial charge in [0, 0.05) is 18.8 Å². The second-order valence-electron chi connectivity index (χ2n) is 8.84. The number of nitrogens with zero attached hydrogens (tertiary/aromatic N) is 3. The van der Waals surface area contributed by atoms with Crippen molar-refractivity contribution in [2.45, 2.75) is 91.2 Å². The number of rotatable bonds is 8. The Labute approximate surface area is 171 Å². The highest BCUT2D eigenvalue weighted by Crippen LogP contribution is 2.31. The van der Waals surface area contributed by atoms with Gasteiger partial charge in [0.25, 0.3) is 0 Å². The Kier molecular flexibility index (Phi) is 8.74. The summed E-state index contributed by atoms with van der Waals surface area (Å²) in [7, 11) is 0. The lowest BCUT2D eigenvalue weighted by atomic mass is 9.96. The highest BCUT2D eigenvalue weighted by molar-refractivity contribution is 5.86. The molecular weight excluding hydrogens is 350 g/mol. The van der Waals surface area contributed by atoms with Crippen LogP contribution in [0.4, 0.5) is 10.6 Å². The minimum absolute atomic E-state index is 0.316. The minimum atomic E-state index is -0.511. The van der Waals surface area contributed by atoms with Crippen molar-refractivity contribution < 1.29 is 9.53 Å². The van der Waals surface area contributed by atoms with Crippen molar-refractivity contribution in [1.29, 1.82) is 0 Å². The molecule has 1 atom stereocenters. The second kappa shape index (κ2) is 10.8. The molecule has 0 saturated carbocycles. The fraction of sp³-hybridized carbons (Fsp3) is 0.739. The van der Waals surface area contributed by atoms with E-state index in [2.05, 4.69) is 29.8 Å². The third-order valence-corrected chi connectivity index (χ3v) is 5.19. The molecule has 0 spiro atoms. The monoisotopic (exact) mass is 389 g/mol. The molecule has 0 aliphatic carbocycles. The van der Waals surface area contributed by atoms with E-state index in [1.807, 2.05) is 33.0 Å². The zero-order valence-corrected chi connectivity index (χ0v) is 18.5. The Bertz CT molecular complexity index is 595. The van der Waals surface area contributed by atoms with Gasteiger partial charge in [-0.3, -0.25) is 9.80 Å². The average molecular weight is 390 g/mol. The number of aromatic nitrogens is 1. The molecular formula is C23H39N3O2. The van der Waals surface area contributed by atoms with Crippen LogP contribution in [0.2, 0.25) is 0 Å². The third kappa shape index (κ3) is 6.77. The smallest absolute Gasteiger partial charge is 0.416 e. The van der Waals surface area contributed by atoms with E-state index in [9.17, 15) is 4.79 Å². The maximum atomic E-state index is 12.7. The van der Waals surface area contributed by atoms with Crippen LogP contribution in [-0.4, -0.2) is 41.2 Å². The highest BCUT2D eigenvalue weighted by Gasteiger charge is 2.26. The number of hydrogen-bond acceptors (Lipinski definition) is 4. The Morgan fingerprint density at radius 2 is 1.96 bits per heavy atom. The van der Waals surface area contributed by atoms with Crippen molar-refractivity contribution in [3.8, 4) is 0 Å². The molecule has 1 aliphatic rings. The SMILES string of the molecule is CCCCN(C(=O)OC(C)(C)C)c1ccc(C2CCCCN2CCCC)cn1. The van der Waals surface area contributed by atoms with Crippen LogP contribution < -0.4 is 4.90 Å². The van der Waals surface area contributed by atoms with Gasteiger partial charge in [0.05, 0.1) is 0 Å². The van der Waals surface area contributed by atoms with Crippen molar-refractivity contribution in [2.75, 3.05) is 24.5 Å². The van der Waals surface area contributed by atoms with Crippen LogP contribution in [0.1, 0.15) is 91.2 Å². The van der Waals surface area contributed by atoms with Gasteiger partial charge in [-0.1, -0.05) is 39.2 Å². The van der Waals surface area contributed by atoms with Gasteiger partial charge in [-0.15, -0.1) is 0 Å². The van der Waals surface area contributed by atoms with Crippen LogP contribution in [0.15, 0.2) is 18.3 Å². The van der Waals surface area contributed by atoms with E-state index in [1.54, 1.807) is 4.90 Å². The molecule has 0 radical (unpaired) electrons. The standard InChI is InChI=1S/C23H39N3O2/c1-6-8-15-25-16-11-10-12-20(25)19-13-14-21(24-18-19)26(17-9-7-2)22(27)28-23(3,4)5/h13-14,18,20H,6-12,15-17H2,1-5H3. The number of pyridine rings is 1. The molecule has 1 aliphatic heterocycles. The Hall–Kier alpha value is -1.62. The quantitative estimate of drug-likeness (QED) is 0.551. The number of amides is 1. The van der Waals surface area contributed by atoms with Gasteiger partial charge in [-0.25, -0.2) is 9.78 Å². The summed E-state index contributed by atoms with van der Waals surface area (Å²) in [5.41, 5.74) is 0.753. The number of carbonyl (C=O) groups excluding carboxylic acids is 1. The van der Waals surface area contributed by atoms with Gasteiger partial charge in [-0.05, 0) is 71.2 Å². The number of likely N-dealkylation sites (tertiary alicyclic amines) is 1. The number of unbranched alkanes of at least 4 members (excludes halogenated alkanes) is 2. The summed E-state index contributed by atoms with van der Waals surface area (Å²) in [6.45, 7) is 13.0. The fourth-order valence-corrected chi connectivity index (χ4v) is 3.68. The van der Waals surface area contributed by atoms with Gasteiger partial charge < -0.3 is 4.74 Å². The van der Waals surface area contributed by atoms with Gasteiger partial charge in [0.1, 0.15) is 11.4 Å². The summed E-state index contributed by atoms with van der Waals surface area (Å²) >= 11 is 0. The summed E-state index contributed by atoms with van der Waals surface area (Å²) in [5, 5.41) is 0. The summed E-state index contributed by atoms with van der Waals surface area (Å²) < 4.78 is 5.60. The number of ether oxygens (including phenoxy) is 1. The van der Waals surface area contributed by atoms with E-state index in [0.717, 1.165) is 19.4 Å². The molecule has 28 heavy (non-hydrogen) atoms. The van der Waals surface area contributed by atoms with E-state index in [0.29, 0.717) is 18.4 Å². The first-order chi connectivity index (χ1) is 13.4. The lowest BCUT2D eigenvalue weighted by molar-refractivity contribution is 0.0578. The van der Waals surface area contributed by atoms with E-state index in [4.69, 9.17) is 4.74 Å². The molecule has 5 nitrogen and oxygen atoms in total. The maximum Gasteiger partial charge on any atom is 0.416 e. The van der Waals surface area contributed by atoms with Crippen LogP contribution in [0, 0.1) is 0 Å². The Morgan fingerprint density at radius 3 is 2.57 bits per heavy atom. The first kappa shape index (κ1) is 22.7. The van der Waals surface area contributed by atoms with Gasteiger partial charge in [0.15, 0.2) is 0 Å². The maximum absolute atomic E-state index is 12.7. The van der Waals surface area contributed by atoms with Crippen molar-refractivity contribution >= 4 is 11.9 Å². The van der Waals surface area contributed by atoms with Crippen LogP contribution in [0.5, 0.6) is 0 Å². The highest BCUT2D eigenvalue weighted by atomic mass is 16.6. The average Bonchev–Trinajstić information content (AvgIpc) is 2.66. The molecule has 2 rings (SSSR count). The number of anilines is 1. The molecule has 1 amide bonds. The molecule has 1 aromatic rings. The van der Waals surface area contributed by atoms with Gasteiger partial charge in [-0.2, -0.15) is 0 Å². The topological polar surface area (TPSA) is 45.7 Å². The minimum Gasteiger partial charge on any atom is -0.443 e. The van der Waals surface area contributed by atoms with Crippen LogP contribution >= 0.6 is 0 Å². The van der Waals surface area contributed by atoms with Crippen molar-refractivity contribution in [3.63, 3.8) is 0 Å². The zero-order valence-electron chi connectivity index (χ0n) is 18.5. The molecule has 0 bridgehead atoms. The van der Waals surface area contributed by atoms with E-state index in [-0.39, 0.29) is 6.09 Å². The lowest BCUT2D eigenvalue weighted by Crippen LogP contribution is -2.38. The summed E-state index contributed by atoms with van der Waals surface area (Å²) in [5.74, 6) is 0.683. The van der Waals surface area contributed by atoms with Crippen molar-refractivity contribution in [3.05, 3.63) is 23.9 Å². The van der Waals surface area contributed by atoms with Crippen LogP contribution in [0.25, 0.3) is 0 Å². The number of carbonyl (C=O) groups is 1. The predicted molar refractivity (Wildman–Crippen MR) is 116 cm³/mol. The van der Waals surface area contributed by atoms with Crippen LogP contribution in [0.3, 0.4) is 0 Å². The molecule has 1 aromatic heterocycles. The molecule has 2 heterocycles. The molecule has 0 aromatic carbocycles. The first-order valence-electron chi connectivity index (χ1n) is 11.1. The van der Waals surface area contributed by atoms with Gasteiger partial charge >= 0.3 is 6.09 Å².